The number of esters is 1. The van der Waals surface area contributed by atoms with E-state index >= 15 is 0 Å². The number of ether oxygens (including phenoxy) is 1. The minimum atomic E-state index is -4.44. The predicted molar refractivity (Wildman–Crippen MR) is 95.3 cm³/mol. The lowest BCUT2D eigenvalue weighted by Crippen LogP contribution is -2.05. The summed E-state index contributed by atoms with van der Waals surface area (Å²) in [7, 11) is 0. The molecule has 0 N–H and O–H groups in total. The van der Waals surface area contributed by atoms with Crippen molar-refractivity contribution in [3.63, 3.8) is 0 Å². The van der Waals surface area contributed by atoms with Crippen LogP contribution in [0.4, 0.5) is 13.2 Å². The molecule has 0 aliphatic carbocycles. The molecular formula is C18H11Cl2F3N2O2. The molecule has 0 amide bonds. The molecule has 0 unspecified atom stereocenters. The zero-order chi connectivity index (χ0) is 19.8. The summed E-state index contributed by atoms with van der Waals surface area (Å²) in [6.45, 7) is 1.21. The van der Waals surface area contributed by atoms with Gasteiger partial charge in [-0.05, 0) is 30.3 Å². The van der Waals surface area contributed by atoms with Crippen LogP contribution >= 0.6 is 23.2 Å². The number of carbonyl (C=O) groups excluding carboxylic acids is 1. The zero-order valence-electron chi connectivity index (χ0n) is 13.7. The molecule has 0 aliphatic rings. The molecule has 0 spiro atoms. The topological polar surface area (TPSA) is 44.1 Å². The molecule has 0 bridgehead atoms. The second-order valence-corrected chi connectivity index (χ2v) is 6.39. The number of hydrogen-bond donors (Lipinski definition) is 0. The number of benzene rings is 2. The largest absolute Gasteiger partial charge is 0.416 e. The molecule has 4 nitrogen and oxygen atoms in total. The first-order chi connectivity index (χ1) is 12.6. The lowest BCUT2D eigenvalue weighted by molar-refractivity contribution is -0.137. The second kappa shape index (κ2) is 7.25. The van der Waals surface area contributed by atoms with Gasteiger partial charge in [0.15, 0.2) is 0 Å². The first-order valence-corrected chi connectivity index (χ1v) is 8.32. The summed E-state index contributed by atoms with van der Waals surface area (Å²) in [5.41, 5.74) is 0.473. The van der Waals surface area contributed by atoms with E-state index < -0.39 is 17.7 Å². The number of aromatic nitrogens is 2. The van der Waals surface area contributed by atoms with E-state index in [9.17, 15) is 18.0 Å². The third kappa shape index (κ3) is 4.26. The van der Waals surface area contributed by atoms with Crippen LogP contribution in [-0.2, 0) is 11.0 Å². The minimum absolute atomic E-state index is 0.0107. The number of rotatable bonds is 3. The fraction of sp³-hybridized carbons (Fsp3) is 0.111. The second-order valence-electron chi connectivity index (χ2n) is 5.54. The Hall–Kier alpha value is -2.51. The van der Waals surface area contributed by atoms with Crippen molar-refractivity contribution in [2.24, 2.45) is 0 Å². The van der Waals surface area contributed by atoms with E-state index in [1.165, 1.54) is 35.9 Å². The third-order valence-electron chi connectivity index (χ3n) is 3.58. The van der Waals surface area contributed by atoms with Gasteiger partial charge in [0.1, 0.15) is 0 Å². The van der Waals surface area contributed by atoms with E-state index in [1.54, 1.807) is 12.1 Å². The molecule has 1 aromatic heterocycles. The van der Waals surface area contributed by atoms with Gasteiger partial charge in [0, 0.05) is 23.6 Å². The zero-order valence-corrected chi connectivity index (χ0v) is 15.2. The average Bonchev–Trinajstić information content (AvgIpc) is 2.97. The standard InChI is InChI=1S/C18H11Cl2F3N2O2/c1-10(26)27-17-9-16(11-2-4-12(5-3-11)18(21,22)23)25(24-17)15-7-6-13(19)8-14(15)20/h2-9H,1H3. The summed E-state index contributed by atoms with van der Waals surface area (Å²) < 4.78 is 44.8. The molecule has 140 valence electrons. The quantitative estimate of drug-likeness (QED) is 0.509. The third-order valence-corrected chi connectivity index (χ3v) is 4.12. The van der Waals surface area contributed by atoms with Crippen molar-refractivity contribution in [1.82, 2.24) is 9.78 Å². The molecule has 3 aromatic rings. The number of halogens is 5. The van der Waals surface area contributed by atoms with E-state index in [-0.39, 0.29) is 10.9 Å². The summed E-state index contributed by atoms with van der Waals surface area (Å²) in [4.78, 5) is 11.2. The number of carbonyl (C=O) groups is 1. The Morgan fingerprint density at radius 1 is 1.07 bits per heavy atom. The lowest BCUT2D eigenvalue weighted by Gasteiger charge is -2.11. The van der Waals surface area contributed by atoms with Crippen LogP contribution in [0.3, 0.4) is 0 Å². The maximum Gasteiger partial charge on any atom is 0.416 e. The molecule has 0 saturated heterocycles. The van der Waals surface area contributed by atoms with Gasteiger partial charge in [-0.2, -0.15) is 13.2 Å². The Morgan fingerprint density at radius 3 is 2.30 bits per heavy atom. The van der Waals surface area contributed by atoms with E-state index in [2.05, 4.69) is 5.10 Å². The van der Waals surface area contributed by atoms with Gasteiger partial charge in [-0.1, -0.05) is 35.3 Å². The van der Waals surface area contributed by atoms with Crippen molar-refractivity contribution in [2.75, 3.05) is 0 Å². The molecule has 3 rings (SSSR count). The highest BCUT2D eigenvalue weighted by Crippen LogP contribution is 2.34. The number of alkyl halides is 3. The van der Waals surface area contributed by atoms with Crippen LogP contribution in [-0.4, -0.2) is 15.7 Å². The molecule has 1 heterocycles. The smallest absolute Gasteiger partial charge is 0.406 e. The van der Waals surface area contributed by atoms with E-state index in [1.807, 2.05) is 0 Å². The lowest BCUT2D eigenvalue weighted by atomic mass is 10.1. The number of hydrogen-bond acceptors (Lipinski definition) is 3. The maximum atomic E-state index is 12.8. The van der Waals surface area contributed by atoms with Gasteiger partial charge in [-0.25, -0.2) is 4.68 Å². The minimum Gasteiger partial charge on any atom is -0.406 e. The van der Waals surface area contributed by atoms with Crippen LogP contribution in [0.5, 0.6) is 5.88 Å². The molecule has 0 atom stereocenters. The first kappa shape index (κ1) is 19.3. The van der Waals surface area contributed by atoms with Crippen LogP contribution in [0.2, 0.25) is 10.0 Å². The Labute approximate surface area is 162 Å². The van der Waals surface area contributed by atoms with Crippen LogP contribution in [0.15, 0.2) is 48.5 Å². The molecule has 27 heavy (non-hydrogen) atoms. The monoisotopic (exact) mass is 414 g/mol. The Bertz CT molecular complexity index is 999. The average molecular weight is 415 g/mol. The van der Waals surface area contributed by atoms with Crippen LogP contribution in [0.1, 0.15) is 12.5 Å². The molecule has 0 saturated carbocycles. The van der Waals surface area contributed by atoms with Gasteiger partial charge in [-0.3, -0.25) is 4.79 Å². The van der Waals surface area contributed by atoms with Crippen molar-refractivity contribution in [3.8, 4) is 22.8 Å². The van der Waals surface area contributed by atoms with Crippen LogP contribution in [0, 0.1) is 0 Å². The highest BCUT2D eigenvalue weighted by molar-refractivity contribution is 6.35. The summed E-state index contributed by atoms with van der Waals surface area (Å²) in [6.07, 6.45) is -4.44. The van der Waals surface area contributed by atoms with Crippen molar-refractivity contribution in [1.29, 1.82) is 0 Å². The Balaban J connectivity index is 2.13. The van der Waals surface area contributed by atoms with Crippen molar-refractivity contribution in [2.45, 2.75) is 13.1 Å². The van der Waals surface area contributed by atoms with E-state index in [4.69, 9.17) is 27.9 Å². The number of nitrogens with zero attached hydrogens (tertiary/aromatic N) is 2. The summed E-state index contributed by atoms with van der Waals surface area (Å²) in [6, 6.07) is 10.7. The van der Waals surface area contributed by atoms with Crippen LogP contribution < -0.4 is 4.74 Å². The molecular weight excluding hydrogens is 404 g/mol. The maximum absolute atomic E-state index is 12.8. The summed E-state index contributed by atoms with van der Waals surface area (Å²) in [5, 5.41) is 4.86. The fourth-order valence-electron chi connectivity index (χ4n) is 2.43. The van der Waals surface area contributed by atoms with Crippen molar-refractivity contribution < 1.29 is 22.7 Å². The normalized spacial score (nSPS) is 11.5. The van der Waals surface area contributed by atoms with Gasteiger partial charge in [0.25, 0.3) is 0 Å². The Kier molecular flexibility index (Phi) is 5.17. The van der Waals surface area contributed by atoms with Crippen molar-refractivity contribution in [3.05, 3.63) is 64.1 Å². The van der Waals surface area contributed by atoms with Gasteiger partial charge >= 0.3 is 12.1 Å². The molecule has 0 aliphatic heterocycles. The van der Waals surface area contributed by atoms with Crippen LogP contribution in [0.25, 0.3) is 16.9 Å². The predicted octanol–water partition coefficient (Wildman–Crippen LogP) is 5.79. The Morgan fingerprint density at radius 2 is 1.74 bits per heavy atom. The van der Waals surface area contributed by atoms with Gasteiger partial charge < -0.3 is 4.74 Å². The van der Waals surface area contributed by atoms with Gasteiger partial charge in [-0.15, -0.1) is 5.10 Å². The van der Waals surface area contributed by atoms with Gasteiger partial charge in [0.05, 0.1) is 22.0 Å². The van der Waals surface area contributed by atoms with E-state index in [0.717, 1.165) is 12.1 Å². The highest BCUT2D eigenvalue weighted by atomic mass is 35.5. The van der Waals surface area contributed by atoms with Crippen molar-refractivity contribution >= 4 is 29.2 Å². The molecule has 0 fully saturated rings. The van der Waals surface area contributed by atoms with Gasteiger partial charge in [0.2, 0.25) is 5.88 Å². The summed E-state index contributed by atoms with van der Waals surface area (Å²) >= 11 is 12.1. The molecule has 0 radical (unpaired) electrons. The SMILES string of the molecule is CC(=O)Oc1cc(-c2ccc(C(F)(F)F)cc2)n(-c2ccc(Cl)cc2Cl)n1. The summed E-state index contributed by atoms with van der Waals surface area (Å²) in [5.74, 6) is -0.593. The first-order valence-electron chi connectivity index (χ1n) is 7.56. The van der Waals surface area contributed by atoms with E-state index in [0.29, 0.717) is 22.0 Å². The molecule has 2 aromatic carbocycles. The fourth-order valence-corrected chi connectivity index (χ4v) is 2.92. The molecule has 9 heteroatoms. The highest BCUT2D eigenvalue weighted by Gasteiger charge is 2.30.